The Balaban J connectivity index is 2.00. The summed E-state index contributed by atoms with van der Waals surface area (Å²) in [6, 6.07) is 9.14. The Morgan fingerprint density at radius 1 is 1.14 bits per heavy atom. The van der Waals surface area contributed by atoms with Gasteiger partial charge in [-0.3, -0.25) is 4.79 Å². The van der Waals surface area contributed by atoms with E-state index < -0.39 is 10.0 Å². The van der Waals surface area contributed by atoms with Gasteiger partial charge in [0.1, 0.15) is 11.5 Å². The molecular weight excluding hydrogens is 404 g/mol. The Labute approximate surface area is 170 Å². The summed E-state index contributed by atoms with van der Waals surface area (Å²) in [5, 5.41) is 3.05. The number of nitrogens with one attached hydrogen (secondary N) is 2. The largest absolute Gasteiger partial charge is 0.495 e. The smallest absolute Gasteiger partial charge is 0.262 e. The molecule has 2 N–H and O–H groups in total. The average molecular weight is 427 g/mol. The number of anilines is 1. The fourth-order valence-electron chi connectivity index (χ4n) is 2.41. The minimum atomic E-state index is -3.59. The lowest BCUT2D eigenvalue weighted by molar-refractivity contribution is -0.118. The van der Waals surface area contributed by atoms with E-state index in [0.717, 1.165) is 0 Å². The molecule has 2 rings (SSSR count). The Bertz CT molecular complexity index is 961. The maximum Gasteiger partial charge on any atom is 0.262 e. The van der Waals surface area contributed by atoms with Gasteiger partial charge >= 0.3 is 0 Å². The van der Waals surface area contributed by atoms with E-state index in [4.69, 9.17) is 21.1 Å². The number of hydrogen-bond acceptors (Lipinski definition) is 5. The van der Waals surface area contributed by atoms with E-state index in [0.29, 0.717) is 27.8 Å². The molecule has 0 saturated heterocycles. The highest BCUT2D eigenvalue weighted by atomic mass is 35.5. The first-order valence-corrected chi connectivity index (χ1v) is 10.4. The molecule has 28 heavy (non-hydrogen) atoms. The number of amides is 1. The SMILES string of the molecule is COc1ccc(NC(=O)COc2ccc(S(=O)(=O)NC(C)C)cc2C)cc1Cl. The lowest BCUT2D eigenvalue weighted by atomic mass is 10.2. The number of carbonyl (C=O) groups excluding carboxylic acids is 1. The Kier molecular flexibility index (Phi) is 7.29. The van der Waals surface area contributed by atoms with E-state index >= 15 is 0 Å². The molecule has 0 heterocycles. The monoisotopic (exact) mass is 426 g/mol. The average Bonchev–Trinajstić information content (AvgIpc) is 2.59. The zero-order valence-electron chi connectivity index (χ0n) is 16.1. The van der Waals surface area contributed by atoms with Crippen LogP contribution < -0.4 is 19.5 Å². The van der Waals surface area contributed by atoms with Crippen LogP contribution in [0.2, 0.25) is 5.02 Å². The summed E-state index contributed by atoms with van der Waals surface area (Å²) in [7, 11) is -2.08. The molecule has 0 aliphatic heterocycles. The molecule has 2 aromatic rings. The maximum absolute atomic E-state index is 12.2. The second kappa shape index (κ2) is 9.27. The van der Waals surface area contributed by atoms with Crippen LogP contribution in [0.4, 0.5) is 5.69 Å². The van der Waals surface area contributed by atoms with Crippen LogP contribution in [0.1, 0.15) is 19.4 Å². The third-order valence-electron chi connectivity index (χ3n) is 3.64. The molecule has 0 aliphatic rings. The van der Waals surface area contributed by atoms with Gasteiger partial charge in [0.25, 0.3) is 5.91 Å². The van der Waals surface area contributed by atoms with Crippen molar-refractivity contribution in [3.63, 3.8) is 0 Å². The molecule has 0 aliphatic carbocycles. The Hall–Kier alpha value is -2.29. The lowest BCUT2D eigenvalue weighted by Gasteiger charge is -2.13. The van der Waals surface area contributed by atoms with Crippen molar-refractivity contribution in [3.8, 4) is 11.5 Å². The standard InChI is InChI=1S/C19H23ClN2O5S/c1-12(2)22-28(24,25)15-6-8-17(13(3)9-15)27-11-19(23)21-14-5-7-18(26-4)16(20)10-14/h5-10,12,22H,11H2,1-4H3,(H,21,23). The molecule has 0 bridgehead atoms. The predicted octanol–water partition coefficient (Wildman–Crippen LogP) is 3.36. The number of rotatable bonds is 8. The van der Waals surface area contributed by atoms with Gasteiger partial charge in [-0.2, -0.15) is 0 Å². The molecule has 152 valence electrons. The summed E-state index contributed by atoms with van der Waals surface area (Å²) in [6.07, 6.45) is 0. The van der Waals surface area contributed by atoms with Gasteiger partial charge in [0.2, 0.25) is 10.0 Å². The van der Waals surface area contributed by atoms with Gasteiger partial charge in [-0.05, 0) is 62.7 Å². The number of sulfonamides is 1. The molecule has 0 spiro atoms. The van der Waals surface area contributed by atoms with Crippen molar-refractivity contribution >= 4 is 33.2 Å². The second-order valence-corrected chi connectivity index (χ2v) is 8.51. The molecular formula is C19H23ClN2O5S. The lowest BCUT2D eigenvalue weighted by Crippen LogP contribution is -2.30. The van der Waals surface area contributed by atoms with Crippen molar-refractivity contribution < 1.29 is 22.7 Å². The van der Waals surface area contributed by atoms with Crippen molar-refractivity contribution in [1.82, 2.24) is 4.72 Å². The molecule has 0 atom stereocenters. The number of carbonyl (C=O) groups is 1. The van der Waals surface area contributed by atoms with Gasteiger partial charge in [0.15, 0.2) is 6.61 Å². The number of aryl methyl sites for hydroxylation is 1. The first kappa shape index (κ1) is 22.0. The zero-order chi connectivity index (χ0) is 20.9. The highest BCUT2D eigenvalue weighted by Gasteiger charge is 2.17. The quantitative estimate of drug-likeness (QED) is 0.675. The molecule has 0 radical (unpaired) electrons. The van der Waals surface area contributed by atoms with E-state index in [1.807, 2.05) is 0 Å². The van der Waals surface area contributed by atoms with Crippen molar-refractivity contribution in [2.24, 2.45) is 0 Å². The molecule has 0 saturated carbocycles. The summed E-state index contributed by atoms with van der Waals surface area (Å²) in [5.41, 5.74) is 1.12. The summed E-state index contributed by atoms with van der Waals surface area (Å²) in [4.78, 5) is 12.2. The third-order valence-corrected chi connectivity index (χ3v) is 5.59. The first-order valence-electron chi connectivity index (χ1n) is 8.51. The summed E-state index contributed by atoms with van der Waals surface area (Å²) in [6.45, 7) is 4.97. The fraction of sp³-hybridized carbons (Fsp3) is 0.316. The van der Waals surface area contributed by atoms with Crippen LogP contribution in [-0.4, -0.2) is 34.1 Å². The van der Waals surface area contributed by atoms with Crippen LogP contribution in [0.25, 0.3) is 0 Å². The zero-order valence-corrected chi connectivity index (χ0v) is 17.6. The maximum atomic E-state index is 12.2. The summed E-state index contributed by atoms with van der Waals surface area (Å²) in [5.74, 6) is 0.554. The van der Waals surface area contributed by atoms with Gasteiger partial charge in [-0.1, -0.05) is 11.6 Å². The fourth-order valence-corrected chi connectivity index (χ4v) is 4.01. The number of benzene rings is 2. The number of hydrogen-bond donors (Lipinski definition) is 2. The highest BCUT2D eigenvalue weighted by Crippen LogP contribution is 2.27. The van der Waals surface area contributed by atoms with Gasteiger partial charge in [-0.25, -0.2) is 13.1 Å². The van der Waals surface area contributed by atoms with Crippen LogP contribution >= 0.6 is 11.6 Å². The van der Waals surface area contributed by atoms with E-state index in [9.17, 15) is 13.2 Å². The molecule has 1 amide bonds. The van der Waals surface area contributed by atoms with E-state index in [2.05, 4.69) is 10.0 Å². The van der Waals surface area contributed by atoms with Gasteiger partial charge in [0.05, 0.1) is 17.0 Å². The van der Waals surface area contributed by atoms with Gasteiger partial charge in [-0.15, -0.1) is 0 Å². The molecule has 0 fully saturated rings. The van der Waals surface area contributed by atoms with E-state index in [-0.39, 0.29) is 23.5 Å². The van der Waals surface area contributed by atoms with E-state index in [1.54, 1.807) is 39.0 Å². The van der Waals surface area contributed by atoms with Crippen molar-refractivity contribution in [2.75, 3.05) is 19.0 Å². The normalized spacial score (nSPS) is 11.4. The topological polar surface area (TPSA) is 93.7 Å². The second-order valence-electron chi connectivity index (χ2n) is 6.39. The number of ether oxygens (including phenoxy) is 2. The molecule has 0 unspecified atom stereocenters. The number of methoxy groups -OCH3 is 1. The van der Waals surface area contributed by atoms with Crippen molar-refractivity contribution in [1.29, 1.82) is 0 Å². The van der Waals surface area contributed by atoms with Crippen LogP contribution in [0.5, 0.6) is 11.5 Å². The third kappa shape index (κ3) is 5.85. The molecule has 2 aromatic carbocycles. The Morgan fingerprint density at radius 2 is 1.82 bits per heavy atom. The first-order chi connectivity index (χ1) is 13.1. The van der Waals surface area contributed by atoms with Crippen molar-refractivity contribution in [2.45, 2.75) is 31.7 Å². The van der Waals surface area contributed by atoms with Crippen LogP contribution in [0.3, 0.4) is 0 Å². The molecule has 9 heteroatoms. The summed E-state index contributed by atoms with van der Waals surface area (Å²) < 4.78 is 37.5. The van der Waals surface area contributed by atoms with Crippen molar-refractivity contribution in [3.05, 3.63) is 47.0 Å². The minimum absolute atomic E-state index is 0.142. The molecule has 7 nitrogen and oxygen atoms in total. The molecule has 0 aromatic heterocycles. The number of halogens is 1. The predicted molar refractivity (Wildman–Crippen MR) is 109 cm³/mol. The minimum Gasteiger partial charge on any atom is -0.495 e. The summed E-state index contributed by atoms with van der Waals surface area (Å²) >= 11 is 6.03. The highest BCUT2D eigenvalue weighted by molar-refractivity contribution is 7.89. The van der Waals surface area contributed by atoms with Gasteiger partial charge < -0.3 is 14.8 Å². The van der Waals surface area contributed by atoms with Crippen LogP contribution in [0.15, 0.2) is 41.3 Å². The van der Waals surface area contributed by atoms with E-state index in [1.165, 1.54) is 25.3 Å². The van der Waals surface area contributed by atoms with Gasteiger partial charge in [0, 0.05) is 11.7 Å². The Morgan fingerprint density at radius 3 is 2.39 bits per heavy atom. The van der Waals surface area contributed by atoms with Crippen LogP contribution in [-0.2, 0) is 14.8 Å². The van der Waals surface area contributed by atoms with Crippen LogP contribution in [0, 0.1) is 6.92 Å².